The van der Waals surface area contributed by atoms with Crippen molar-refractivity contribution in [2.45, 2.75) is 33.1 Å². The van der Waals surface area contributed by atoms with Gasteiger partial charge in [-0.1, -0.05) is 25.5 Å². The molecule has 7 nitrogen and oxygen atoms in total. The molecule has 2 aromatic rings. The molecule has 2 rings (SSSR count). The van der Waals surface area contributed by atoms with Crippen LogP contribution >= 0.6 is 0 Å². The van der Waals surface area contributed by atoms with E-state index in [1.165, 1.54) is 0 Å². The molecule has 2 aromatic carbocycles. The number of esters is 1. The Balaban J connectivity index is 1.90. The van der Waals surface area contributed by atoms with E-state index >= 15 is 0 Å². The van der Waals surface area contributed by atoms with Gasteiger partial charge in [0, 0.05) is 0 Å². The predicted octanol–water partition coefficient (Wildman–Crippen LogP) is 4.32. The summed E-state index contributed by atoms with van der Waals surface area (Å²) in [7, 11) is 0. The number of nitrogens with one attached hydrogen (secondary N) is 1. The van der Waals surface area contributed by atoms with Gasteiger partial charge in [-0.15, -0.1) is 0 Å². The quantitative estimate of drug-likeness (QED) is 0.438. The maximum Gasteiger partial charge on any atom is 0.338 e. The van der Waals surface area contributed by atoms with Crippen LogP contribution in [-0.2, 0) is 9.53 Å². The highest BCUT2D eigenvalue weighted by molar-refractivity contribution is 5.93. The number of benzene rings is 2. The van der Waals surface area contributed by atoms with Crippen molar-refractivity contribution >= 4 is 17.6 Å². The van der Waals surface area contributed by atoms with Crippen LogP contribution in [0.3, 0.4) is 0 Å². The van der Waals surface area contributed by atoms with Crippen LogP contribution in [0.2, 0.25) is 0 Å². The van der Waals surface area contributed by atoms with Gasteiger partial charge in [-0.05, 0) is 43.7 Å². The van der Waals surface area contributed by atoms with Crippen LogP contribution in [0.15, 0.2) is 42.5 Å². The van der Waals surface area contributed by atoms with Gasteiger partial charge in [0.2, 0.25) is 5.91 Å². The zero-order chi connectivity index (χ0) is 21.8. The Hall–Kier alpha value is -3.53. The van der Waals surface area contributed by atoms with Crippen molar-refractivity contribution in [1.29, 1.82) is 5.26 Å². The number of nitrogens with zero attached hydrogens (tertiary/aromatic N) is 1. The number of hydrogen-bond donors (Lipinski definition) is 1. The van der Waals surface area contributed by atoms with E-state index in [1.54, 1.807) is 42.5 Å². The average molecular weight is 410 g/mol. The predicted molar refractivity (Wildman–Crippen MR) is 113 cm³/mol. The summed E-state index contributed by atoms with van der Waals surface area (Å²) in [6, 6.07) is 13.6. The van der Waals surface area contributed by atoms with Gasteiger partial charge < -0.3 is 19.5 Å². The number of carbonyl (C=O) groups is 2. The number of para-hydroxylation sites is 1. The molecule has 0 saturated carbocycles. The SMILES string of the molecule is CCCCOc1ccc(C(=O)OCCC(=O)Nc2ccccc2C#N)cc1OCC. The minimum atomic E-state index is -0.554. The second-order valence-corrected chi connectivity index (χ2v) is 6.39. The fourth-order valence-corrected chi connectivity index (χ4v) is 2.57. The lowest BCUT2D eigenvalue weighted by Gasteiger charge is -2.13. The van der Waals surface area contributed by atoms with Gasteiger partial charge in [0.05, 0.1) is 36.4 Å². The number of ether oxygens (including phenoxy) is 3. The molecule has 0 heterocycles. The van der Waals surface area contributed by atoms with Crippen molar-refractivity contribution in [1.82, 2.24) is 0 Å². The maximum atomic E-state index is 12.3. The van der Waals surface area contributed by atoms with Gasteiger partial charge in [0.1, 0.15) is 12.7 Å². The van der Waals surface area contributed by atoms with Crippen molar-refractivity contribution in [3.05, 3.63) is 53.6 Å². The lowest BCUT2D eigenvalue weighted by Crippen LogP contribution is -2.16. The largest absolute Gasteiger partial charge is 0.490 e. The summed E-state index contributed by atoms with van der Waals surface area (Å²) in [5.41, 5.74) is 1.11. The molecule has 0 aliphatic rings. The van der Waals surface area contributed by atoms with Crippen LogP contribution in [0.25, 0.3) is 0 Å². The monoisotopic (exact) mass is 410 g/mol. The first-order valence-electron chi connectivity index (χ1n) is 9.94. The van der Waals surface area contributed by atoms with Crippen molar-refractivity contribution in [3.63, 3.8) is 0 Å². The highest BCUT2D eigenvalue weighted by atomic mass is 16.5. The Morgan fingerprint density at radius 2 is 1.83 bits per heavy atom. The van der Waals surface area contributed by atoms with E-state index in [2.05, 4.69) is 12.2 Å². The van der Waals surface area contributed by atoms with Gasteiger partial charge in [-0.25, -0.2) is 4.79 Å². The zero-order valence-corrected chi connectivity index (χ0v) is 17.3. The van der Waals surface area contributed by atoms with Crippen LogP contribution in [0.5, 0.6) is 11.5 Å². The third-order valence-corrected chi connectivity index (χ3v) is 4.12. The molecular formula is C23H26N2O5. The van der Waals surface area contributed by atoms with Crippen LogP contribution < -0.4 is 14.8 Å². The number of carbonyl (C=O) groups excluding carboxylic acids is 2. The summed E-state index contributed by atoms with van der Waals surface area (Å²) in [5.74, 6) is 0.160. The molecule has 1 N–H and O–H groups in total. The molecular weight excluding hydrogens is 384 g/mol. The van der Waals surface area contributed by atoms with E-state index in [1.807, 2.05) is 13.0 Å². The first-order valence-corrected chi connectivity index (χ1v) is 9.94. The number of hydrogen-bond acceptors (Lipinski definition) is 6. The Morgan fingerprint density at radius 1 is 1.03 bits per heavy atom. The maximum absolute atomic E-state index is 12.3. The molecule has 0 atom stereocenters. The highest BCUT2D eigenvalue weighted by Crippen LogP contribution is 2.29. The van der Waals surface area contributed by atoms with E-state index < -0.39 is 5.97 Å². The standard InChI is InChI=1S/C23H26N2O5/c1-3-5-13-29-20-11-10-17(15-21(20)28-4-2)23(27)30-14-12-22(26)25-19-9-7-6-8-18(19)16-24/h6-11,15H,3-5,12-14H2,1-2H3,(H,25,26). The summed E-state index contributed by atoms with van der Waals surface area (Å²) in [6.45, 7) is 4.86. The molecule has 30 heavy (non-hydrogen) atoms. The van der Waals surface area contributed by atoms with Gasteiger partial charge in [0.25, 0.3) is 0 Å². The second-order valence-electron chi connectivity index (χ2n) is 6.39. The summed E-state index contributed by atoms with van der Waals surface area (Å²) < 4.78 is 16.5. The molecule has 0 aromatic heterocycles. The van der Waals surface area contributed by atoms with Crippen LogP contribution in [0, 0.1) is 11.3 Å². The Bertz CT molecular complexity index is 905. The van der Waals surface area contributed by atoms with Crippen LogP contribution in [0.1, 0.15) is 49.0 Å². The van der Waals surface area contributed by atoms with Gasteiger partial charge in [-0.2, -0.15) is 5.26 Å². The minimum absolute atomic E-state index is 0.0258. The van der Waals surface area contributed by atoms with Crippen molar-refractivity contribution in [2.24, 2.45) is 0 Å². The molecule has 0 spiro atoms. The molecule has 0 unspecified atom stereocenters. The molecule has 1 amide bonds. The second kappa shape index (κ2) is 12.1. The molecule has 0 saturated heterocycles. The van der Waals surface area contributed by atoms with Crippen molar-refractivity contribution < 1.29 is 23.8 Å². The first kappa shape index (κ1) is 22.8. The highest BCUT2D eigenvalue weighted by Gasteiger charge is 2.14. The molecule has 158 valence electrons. The first-order chi connectivity index (χ1) is 14.6. The van der Waals surface area contributed by atoms with E-state index in [4.69, 9.17) is 19.5 Å². The van der Waals surface area contributed by atoms with E-state index in [-0.39, 0.29) is 18.9 Å². The Kier molecular flexibility index (Phi) is 9.19. The molecule has 0 radical (unpaired) electrons. The minimum Gasteiger partial charge on any atom is -0.490 e. The Morgan fingerprint density at radius 3 is 2.57 bits per heavy atom. The number of anilines is 1. The van der Waals surface area contributed by atoms with Gasteiger partial charge in [0.15, 0.2) is 11.5 Å². The summed E-state index contributed by atoms with van der Waals surface area (Å²) in [5, 5.41) is 11.7. The van der Waals surface area contributed by atoms with Crippen molar-refractivity contribution in [3.8, 4) is 17.6 Å². The average Bonchev–Trinajstić information content (AvgIpc) is 2.75. The fourth-order valence-electron chi connectivity index (χ4n) is 2.57. The van der Waals surface area contributed by atoms with E-state index in [0.29, 0.717) is 41.5 Å². The normalized spacial score (nSPS) is 10.0. The zero-order valence-electron chi connectivity index (χ0n) is 17.3. The smallest absolute Gasteiger partial charge is 0.338 e. The molecule has 7 heteroatoms. The summed E-state index contributed by atoms with van der Waals surface area (Å²) in [4.78, 5) is 24.4. The number of unbranched alkanes of at least 4 members (excludes halogenated alkanes) is 1. The number of amides is 1. The number of rotatable bonds is 11. The molecule has 0 aliphatic carbocycles. The van der Waals surface area contributed by atoms with E-state index in [9.17, 15) is 9.59 Å². The van der Waals surface area contributed by atoms with E-state index in [0.717, 1.165) is 12.8 Å². The van der Waals surface area contributed by atoms with Crippen molar-refractivity contribution in [2.75, 3.05) is 25.1 Å². The number of nitriles is 1. The third-order valence-electron chi connectivity index (χ3n) is 4.12. The lowest BCUT2D eigenvalue weighted by atomic mass is 10.2. The summed E-state index contributed by atoms with van der Waals surface area (Å²) >= 11 is 0. The van der Waals surface area contributed by atoms with Crippen LogP contribution in [-0.4, -0.2) is 31.7 Å². The molecule has 0 fully saturated rings. The van der Waals surface area contributed by atoms with Gasteiger partial charge >= 0.3 is 5.97 Å². The molecule has 0 bridgehead atoms. The van der Waals surface area contributed by atoms with Gasteiger partial charge in [-0.3, -0.25) is 4.79 Å². The fraction of sp³-hybridized carbons (Fsp3) is 0.348. The Labute approximate surface area is 176 Å². The molecule has 0 aliphatic heterocycles. The topological polar surface area (TPSA) is 97.6 Å². The summed E-state index contributed by atoms with van der Waals surface area (Å²) in [6.07, 6.45) is 1.92. The van der Waals surface area contributed by atoms with Crippen LogP contribution in [0.4, 0.5) is 5.69 Å². The lowest BCUT2D eigenvalue weighted by molar-refractivity contribution is -0.116. The third kappa shape index (κ3) is 6.82.